The third kappa shape index (κ3) is 6.30. The molecule has 0 unspecified atom stereocenters. The van der Waals surface area contributed by atoms with Crippen molar-refractivity contribution in [2.75, 3.05) is 0 Å². The van der Waals surface area contributed by atoms with E-state index in [-0.39, 0.29) is 0 Å². The molecule has 306 valence electrons. The van der Waals surface area contributed by atoms with Gasteiger partial charge in [0.05, 0.1) is 0 Å². The molecule has 0 amide bonds. The Labute approximate surface area is 384 Å². The second kappa shape index (κ2) is 15.6. The fraction of sp³-hybridized carbons (Fsp3) is 0. The number of hydrogen-bond donors (Lipinski definition) is 0. The van der Waals surface area contributed by atoms with Crippen LogP contribution in [0.25, 0.3) is 131 Å². The molecule has 13 rings (SSSR count). The summed E-state index contributed by atoms with van der Waals surface area (Å²) >= 11 is 0. The molecule has 0 N–H and O–H groups in total. The molecule has 0 aliphatic heterocycles. The molecule has 66 heavy (non-hydrogen) atoms. The van der Waals surface area contributed by atoms with Crippen LogP contribution in [0, 0.1) is 0 Å². The fourth-order valence-electron chi connectivity index (χ4n) is 10.7. The van der Waals surface area contributed by atoms with Crippen molar-refractivity contribution in [1.82, 2.24) is 0 Å². The van der Waals surface area contributed by atoms with Gasteiger partial charge < -0.3 is 0 Å². The minimum absolute atomic E-state index is 1.21. The lowest BCUT2D eigenvalue weighted by atomic mass is 9.85. The molecule has 0 heteroatoms. The number of rotatable bonds is 6. The third-order valence-electron chi connectivity index (χ3n) is 13.8. The Morgan fingerprint density at radius 3 is 0.682 bits per heavy atom. The molecule has 0 nitrogen and oxygen atoms in total. The average Bonchev–Trinajstić information content (AvgIpc) is 3.39. The second-order valence-corrected chi connectivity index (χ2v) is 17.5. The Morgan fingerprint density at radius 2 is 0.348 bits per heavy atom. The van der Waals surface area contributed by atoms with Gasteiger partial charge in [-0.05, 0) is 156 Å². The summed E-state index contributed by atoms with van der Waals surface area (Å²) in [6.45, 7) is 0. The monoisotopic (exact) mass is 834 g/mol. The molecular weight excluding hydrogens is 793 g/mol. The second-order valence-electron chi connectivity index (χ2n) is 17.5. The van der Waals surface area contributed by atoms with Gasteiger partial charge in [0, 0.05) is 0 Å². The maximum atomic E-state index is 2.37. The van der Waals surface area contributed by atoms with Gasteiger partial charge in [-0.2, -0.15) is 0 Å². The molecule has 0 bridgehead atoms. The minimum Gasteiger partial charge on any atom is -0.0622 e. The largest absolute Gasteiger partial charge is 0.0622 e. The van der Waals surface area contributed by atoms with E-state index in [4.69, 9.17) is 0 Å². The average molecular weight is 835 g/mol. The number of hydrogen-bond acceptors (Lipinski definition) is 0. The minimum atomic E-state index is 1.21. The van der Waals surface area contributed by atoms with E-state index >= 15 is 0 Å². The molecule has 0 saturated carbocycles. The lowest BCUT2D eigenvalue weighted by Gasteiger charge is -2.18. The molecule has 0 saturated heterocycles. The fourth-order valence-corrected chi connectivity index (χ4v) is 10.7. The van der Waals surface area contributed by atoms with E-state index in [0.29, 0.717) is 0 Å². The molecule has 0 aliphatic carbocycles. The van der Waals surface area contributed by atoms with E-state index in [1.807, 2.05) is 0 Å². The smallest absolute Gasteiger partial charge is 0.00262 e. The zero-order valence-corrected chi connectivity index (χ0v) is 36.2. The summed E-state index contributed by atoms with van der Waals surface area (Å²) in [5.41, 5.74) is 15.0. The van der Waals surface area contributed by atoms with E-state index < -0.39 is 0 Å². The predicted octanol–water partition coefficient (Wildman–Crippen LogP) is 18.6. The van der Waals surface area contributed by atoms with Crippen LogP contribution in [0.4, 0.5) is 0 Å². The van der Waals surface area contributed by atoms with Gasteiger partial charge in [0.25, 0.3) is 0 Å². The van der Waals surface area contributed by atoms with Crippen molar-refractivity contribution in [3.63, 3.8) is 0 Å². The topological polar surface area (TPSA) is 0 Å². The van der Waals surface area contributed by atoms with Crippen molar-refractivity contribution < 1.29 is 0 Å². The van der Waals surface area contributed by atoms with Gasteiger partial charge in [-0.1, -0.05) is 231 Å². The van der Waals surface area contributed by atoms with Gasteiger partial charge in [-0.15, -0.1) is 0 Å². The SMILES string of the molecule is c1ccc(-c2c3ccccc3c(-c3ccc(-c4ccc5cc(-c6ccc7cc(-c8c9ccccc9c(-c9ccccc9)c9ccccc89)ccc7c6)ccc5c4)cc3)c3ccccc23)cc1. The molecule has 0 radical (unpaired) electrons. The molecule has 13 aromatic rings. The maximum absolute atomic E-state index is 2.37. The first-order valence-electron chi connectivity index (χ1n) is 22.9. The van der Waals surface area contributed by atoms with Crippen LogP contribution in [-0.2, 0) is 0 Å². The number of benzene rings is 13. The van der Waals surface area contributed by atoms with Crippen molar-refractivity contribution in [3.8, 4) is 66.8 Å². The zero-order valence-electron chi connectivity index (χ0n) is 36.2. The van der Waals surface area contributed by atoms with Crippen molar-refractivity contribution in [3.05, 3.63) is 255 Å². The lowest BCUT2D eigenvalue weighted by Crippen LogP contribution is -1.91. The van der Waals surface area contributed by atoms with E-state index in [1.165, 1.54) is 131 Å². The van der Waals surface area contributed by atoms with E-state index in [1.54, 1.807) is 0 Å². The van der Waals surface area contributed by atoms with Gasteiger partial charge in [0.15, 0.2) is 0 Å². The Balaban J connectivity index is 0.822. The van der Waals surface area contributed by atoms with Gasteiger partial charge in [0.1, 0.15) is 0 Å². The van der Waals surface area contributed by atoms with Gasteiger partial charge in [-0.25, -0.2) is 0 Å². The van der Waals surface area contributed by atoms with Crippen LogP contribution >= 0.6 is 0 Å². The van der Waals surface area contributed by atoms with Gasteiger partial charge in [-0.3, -0.25) is 0 Å². The Kier molecular flexibility index (Phi) is 8.96. The van der Waals surface area contributed by atoms with Crippen LogP contribution in [0.1, 0.15) is 0 Å². The highest BCUT2D eigenvalue weighted by Gasteiger charge is 2.18. The van der Waals surface area contributed by atoms with Crippen molar-refractivity contribution in [2.24, 2.45) is 0 Å². The van der Waals surface area contributed by atoms with E-state index in [0.717, 1.165) is 0 Å². The third-order valence-corrected chi connectivity index (χ3v) is 13.8. The van der Waals surface area contributed by atoms with E-state index in [9.17, 15) is 0 Å². The van der Waals surface area contributed by atoms with Crippen LogP contribution < -0.4 is 0 Å². The summed E-state index contributed by atoms with van der Waals surface area (Å²) in [7, 11) is 0. The first kappa shape index (κ1) is 37.9. The first-order valence-corrected chi connectivity index (χ1v) is 22.9. The van der Waals surface area contributed by atoms with Crippen molar-refractivity contribution in [1.29, 1.82) is 0 Å². The molecular formula is C66H42. The molecule has 13 aromatic carbocycles. The standard InChI is InChI=1S/C66H42/c1-3-15-44(16-4-1)63-55-19-7-9-21-57(55)65(58-22-10-8-20-56(58)63)46-29-27-43(28-30-46)47-31-32-49-40-50(34-33-48(49)39-47)51-35-36-53-42-54(38-37-52(53)41-51)66-61-25-13-11-23-59(61)64(45-17-5-2-6-18-45)60-24-12-14-26-62(60)66/h1-42H. The molecule has 0 aliphatic rings. The highest BCUT2D eigenvalue weighted by Crippen LogP contribution is 2.46. The van der Waals surface area contributed by atoms with Gasteiger partial charge >= 0.3 is 0 Å². The van der Waals surface area contributed by atoms with Crippen LogP contribution in [0.5, 0.6) is 0 Å². The molecule has 0 aromatic heterocycles. The van der Waals surface area contributed by atoms with Crippen molar-refractivity contribution in [2.45, 2.75) is 0 Å². The molecule has 0 fully saturated rings. The Bertz CT molecular complexity index is 3900. The molecule has 0 heterocycles. The summed E-state index contributed by atoms with van der Waals surface area (Å²) < 4.78 is 0. The van der Waals surface area contributed by atoms with Crippen LogP contribution in [-0.4, -0.2) is 0 Å². The van der Waals surface area contributed by atoms with Crippen LogP contribution in [0.3, 0.4) is 0 Å². The Hall–Kier alpha value is -8.58. The highest BCUT2D eigenvalue weighted by molar-refractivity contribution is 6.23. The van der Waals surface area contributed by atoms with Gasteiger partial charge in [0.2, 0.25) is 0 Å². The summed E-state index contributed by atoms with van der Waals surface area (Å²) in [5, 5.41) is 15.1. The summed E-state index contributed by atoms with van der Waals surface area (Å²) in [6.07, 6.45) is 0. The lowest BCUT2D eigenvalue weighted by molar-refractivity contribution is 1.62. The maximum Gasteiger partial charge on any atom is -0.00262 e. The van der Waals surface area contributed by atoms with Crippen LogP contribution in [0.2, 0.25) is 0 Å². The number of fused-ring (bicyclic) bond motifs is 6. The first-order chi connectivity index (χ1) is 32.7. The molecule has 0 spiro atoms. The quantitative estimate of drug-likeness (QED) is 0.146. The zero-order chi connectivity index (χ0) is 43.6. The molecule has 0 atom stereocenters. The van der Waals surface area contributed by atoms with Crippen molar-refractivity contribution >= 4 is 64.6 Å². The normalized spacial score (nSPS) is 11.6. The summed E-state index contributed by atoms with van der Waals surface area (Å²) in [6, 6.07) is 93.9. The van der Waals surface area contributed by atoms with E-state index in [2.05, 4.69) is 255 Å². The van der Waals surface area contributed by atoms with Crippen LogP contribution in [0.15, 0.2) is 255 Å². The Morgan fingerprint density at radius 1 is 0.136 bits per heavy atom. The highest BCUT2D eigenvalue weighted by atomic mass is 14.2. The summed E-state index contributed by atoms with van der Waals surface area (Å²) in [5.74, 6) is 0. The predicted molar refractivity (Wildman–Crippen MR) is 284 cm³/mol. The summed E-state index contributed by atoms with van der Waals surface area (Å²) in [4.78, 5) is 0.